The Hall–Kier alpha value is -1.74. The molecule has 0 bridgehead atoms. The van der Waals surface area contributed by atoms with Crippen molar-refractivity contribution in [2.24, 2.45) is 0 Å². The van der Waals surface area contributed by atoms with Gasteiger partial charge in [-0.1, -0.05) is 50.5 Å². The van der Waals surface area contributed by atoms with Crippen molar-refractivity contribution in [1.29, 1.82) is 0 Å². The quantitative estimate of drug-likeness (QED) is 0.308. The van der Waals surface area contributed by atoms with Crippen LogP contribution in [-0.2, 0) is 4.74 Å². The molecule has 0 unspecified atom stereocenters. The smallest absolute Gasteiger partial charge is 0.338 e. The normalized spacial score (nSPS) is 10.6. The van der Waals surface area contributed by atoms with Crippen molar-refractivity contribution in [3.05, 3.63) is 54.1 Å². The van der Waals surface area contributed by atoms with Gasteiger partial charge in [0.25, 0.3) is 0 Å². The lowest BCUT2D eigenvalue weighted by atomic mass is 10.0. The average Bonchev–Trinajstić information content (AvgIpc) is 2.62. The highest BCUT2D eigenvalue weighted by Gasteiger charge is 2.06. The van der Waals surface area contributed by atoms with Gasteiger partial charge in [-0.05, 0) is 54.5 Å². The van der Waals surface area contributed by atoms with Gasteiger partial charge >= 0.3 is 5.97 Å². The van der Waals surface area contributed by atoms with Crippen LogP contribution in [0.3, 0.4) is 0 Å². The highest BCUT2D eigenvalue weighted by molar-refractivity contribution is 7.99. The minimum Gasteiger partial charge on any atom is -0.462 e. The van der Waals surface area contributed by atoms with Crippen molar-refractivity contribution >= 4 is 17.7 Å². The molecule has 0 fully saturated rings. The van der Waals surface area contributed by atoms with Crippen LogP contribution in [-0.4, -0.2) is 18.3 Å². The molecule has 2 rings (SSSR count). The molecule has 0 aromatic heterocycles. The zero-order valence-electron chi connectivity index (χ0n) is 14.6. The number of unbranched alkanes of at least 4 members (excludes halogenated alkanes) is 3. The molecular formula is C21H26O2S. The van der Waals surface area contributed by atoms with E-state index in [4.69, 9.17) is 4.74 Å². The Labute approximate surface area is 149 Å². The summed E-state index contributed by atoms with van der Waals surface area (Å²) in [6, 6.07) is 16.2. The molecule has 0 N–H and O–H groups in total. The summed E-state index contributed by atoms with van der Waals surface area (Å²) in [5.74, 6) is 0.923. The Balaban J connectivity index is 1.91. The second-order valence-electron chi connectivity index (χ2n) is 5.73. The van der Waals surface area contributed by atoms with Gasteiger partial charge in [0.15, 0.2) is 0 Å². The standard InChI is InChI=1S/C21H26O2S/c1-3-5-6-7-16-24-20-14-12-18(13-15-20)17-8-10-19(11-9-17)21(22)23-4-2/h8-15H,3-7,16H2,1-2H3. The summed E-state index contributed by atoms with van der Waals surface area (Å²) in [4.78, 5) is 13.0. The van der Waals surface area contributed by atoms with Gasteiger partial charge in [0.05, 0.1) is 12.2 Å². The third kappa shape index (κ3) is 5.72. The summed E-state index contributed by atoms with van der Waals surface area (Å²) in [7, 11) is 0. The van der Waals surface area contributed by atoms with E-state index in [0.717, 1.165) is 5.56 Å². The molecular weight excluding hydrogens is 316 g/mol. The maximum absolute atomic E-state index is 11.7. The molecule has 0 aliphatic heterocycles. The third-order valence-electron chi connectivity index (χ3n) is 3.85. The van der Waals surface area contributed by atoms with Crippen LogP contribution >= 0.6 is 11.8 Å². The zero-order chi connectivity index (χ0) is 17.2. The minimum absolute atomic E-state index is 0.265. The summed E-state index contributed by atoms with van der Waals surface area (Å²) < 4.78 is 5.01. The molecule has 2 nitrogen and oxygen atoms in total. The van der Waals surface area contributed by atoms with Crippen molar-refractivity contribution in [1.82, 2.24) is 0 Å². The first-order valence-electron chi connectivity index (χ1n) is 8.75. The zero-order valence-corrected chi connectivity index (χ0v) is 15.4. The molecule has 128 valence electrons. The SMILES string of the molecule is CCCCCCSc1ccc(-c2ccc(C(=O)OCC)cc2)cc1. The van der Waals surface area contributed by atoms with Crippen molar-refractivity contribution in [2.75, 3.05) is 12.4 Å². The Morgan fingerprint density at radius 2 is 1.50 bits per heavy atom. The molecule has 0 amide bonds. The van der Waals surface area contributed by atoms with E-state index in [2.05, 4.69) is 31.2 Å². The predicted molar refractivity (Wildman–Crippen MR) is 103 cm³/mol. The number of hydrogen-bond acceptors (Lipinski definition) is 3. The molecule has 0 spiro atoms. The molecule has 0 heterocycles. The fourth-order valence-corrected chi connectivity index (χ4v) is 3.39. The fourth-order valence-electron chi connectivity index (χ4n) is 2.48. The van der Waals surface area contributed by atoms with E-state index in [9.17, 15) is 4.79 Å². The van der Waals surface area contributed by atoms with E-state index >= 15 is 0 Å². The first-order valence-corrected chi connectivity index (χ1v) is 9.73. The van der Waals surface area contributed by atoms with E-state index in [1.54, 1.807) is 0 Å². The topological polar surface area (TPSA) is 26.3 Å². The number of hydrogen-bond donors (Lipinski definition) is 0. The summed E-state index contributed by atoms with van der Waals surface area (Å²) in [5, 5.41) is 0. The van der Waals surface area contributed by atoms with Gasteiger partial charge in [-0.15, -0.1) is 11.8 Å². The summed E-state index contributed by atoms with van der Waals surface area (Å²) >= 11 is 1.93. The monoisotopic (exact) mass is 342 g/mol. The maximum atomic E-state index is 11.7. The van der Waals surface area contributed by atoms with Gasteiger partial charge < -0.3 is 4.74 Å². The minimum atomic E-state index is -0.265. The van der Waals surface area contributed by atoms with Crippen molar-refractivity contribution in [2.45, 2.75) is 44.4 Å². The Bertz CT molecular complexity index is 617. The fraction of sp³-hybridized carbons (Fsp3) is 0.381. The van der Waals surface area contributed by atoms with Gasteiger partial charge in [0, 0.05) is 4.90 Å². The lowest BCUT2D eigenvalue weighted by Crippen LogP contribution is -2.03. The van der Waals surface area contributed by atoms with Crippen LogP contribution in [0.15, 0.2) is 53.4 Å². The second kappa shape index (κ2) is 10.2. The molecule has 0 saturated carbocycles. The van der Waals surface area contributed by atoms with Gasteiger partial charge in [0.2, 0.25) is 0 Å². The van der Waals surface area contributed by atoms with Crippen LogP contribution < -0.4 is 0 Å². The summed E-state index contributed by atoms with van der Waals surface area (Å²) in [6.45, 7) is 4.46. The largest absolute Gasteiger partial charge is 0.462 e. The second-order valence-corrected chi connectivity index (χ2v) is 6.90. The number of thioether (sulfide) groups is 1. The van der Waals surface area contributed by atoms with E-state index in [-0.39, 0.29) is 5.97 Å². The molecule has 0 aliphatic rings. The lowest BCUT2D eigenvalue weighted by Gasteiger charge is -2.06. The van der Waals surface area contributed by atoms with Gasteiger partial charge in [-0.25, -0.2) is 4.79 Å². The van der Waals surface area contributed by atoms with E-state index in [1.165, 1.54) is 41.9 Å². The molecule has 0 atom stereocenters. The van der Waals surface area contributed by atoms with Crippen molar-refractivity contribution in [3.63, 3.8) is 0 Å². The highest BCUT2D eigenvalue weighted by atomic mass is 32.2. The van der Waals surface area contributed by atoms with E-state index < -0.39 is 0 Å². The molecule has 2 aromatic carbocycles. The molecule has 2 aromatic rings. The molecule has 0 saturated heterocycles. The Morgan fingerprint density at radius 1 is 0.875 bits per heavy atom. The molecule has 0 aliphatic carbocycles. The number of rotatable bonds is 9. The van der Waals surface area contributed by atoms with Crippen LogP contribution in [0.1, 0.15) is 49.9 Å². The van der Waals surface area contributed by atoms with Gasteiger partial charge in [-0.2, -0.15) is 0 Å². The Kier molecular flexibility index (Phi) is 7.90. The number of ether oxygens (including phenoxy) is 1. The van der Waals surface area contributed by atoms with Crippen molar-refractivity contribution < 1.29 is 9.53 Å². The van der Waals surface area contributed by atoms with Gasteiger partial charge in [0.1, 0.15) is 0 Å². The number of carbonyl (C=O) groups excluding carboxylic acids is 1. The van der Waals surface area contributed by atoms with E-state index in [0.29, 0.717) is 12.2 Å². The van der Waals surface area contributed by atoms with E-state index in [1.807, 2.05) is 43.0 Å². The molecule has 24 heavy (non-hydrogen) atoms. The van der Waals surface area contributed by atoms with Crippen LogP contribution in [0, 0.1) is 0 Å². The predicted octanol–water partition coefficient (Wildman–Crippen LogP) is 6.20. The lowest BCUT2D eigenvalue weighted by molar-refractivity contribution is 0.0526. The first-order chi connectivity index (χ1) is 11.7. The van der Waals surface area contributed by atoms with Crippen LogP contribution in [0.4, 0.5) is 0 Å². The Morgan fingerprint density at radius 3 is 2.08 bits per heavy atom. The number of esters is 1. The molecule has 0 radical (unpaired) electrons. The average molecular weight is 343 g/mol. The van der Waals surface area contributed by atoms with Gasteiger partial charge in [-0.3, -0.25) is 0 Å². The first kappa shape index (κ1) is 18.6. The third-order valence-corrected chi connectivity index (χ3v) is 4.95. The van der Waals surface area contributed by atoms with Crippen LogP contribution in [0.2, 0.25) is 0 Å². The van der Waals surface area contributed by atoms with Crippen molar-refractivity contribution in [3.8, 4) is 11.1 Å². The summed E-state index contributed by atoms with van der Waals surface area (Å²) in [5.41, 5.74) is 2.88. The summed E-state index contributed by atoms with van der Waals surface area (Å²) in [6.07, 6.45) is 5.24. The molecule has 3 heteroatoms. The maximum Gasteiger partial charge on any atom is 0.338 e. The number of benzene rings is 2. The highest BCUT2D eigenvalue weighted by Crippen LogP contribution is 2.25. The van der Waals surface area contributed by atoms with Crippen LogP contribution in [0.5, 0.6) is 0 Å². The number of carbonyl (C=O) groups is 1. The van der Waals surface area contributed by atoms with Crippen LogP contribution in [0.25, 0.3) is 11.1 Å².